The maximum absolute atomic E-state index is 5.75. The van der Waals surface area contributed by atoms with Gasteiger partial charge in [0.15, 0.2) is 0 Å². The number of nitrogens with one attached hydrogen (secondary N) is 1. The van der Waals surface area contributed by atoms with Gasteiger partial charge < -0.3 is 10.2 Å². The predicted molar refractivity (Wildman–Crippen MR) is 101 cm³/mol. The van der Waals surface area contributed by atoms with Gasteiger partial charge in [-0.25, -0.2) is 0 Å². The minimum Gasteiger partial charge on any atom is -0.351 e. The van der Waals surface area contributed by atoms with Crippen LogP contribution in [-0.2, 0) is 6.42 Å². The fraction of sp³-hybridized carbons (Fsp3) is 0.400. The number of benzene rings is 1. The van der Waals surface area contributed by atoms with E-state index in [2.05, 4.69) is 66.7 Å². The monoisotopic (exact) mass is 330 g/mol. The lowest BCUT2D eigenvalue weighted by atomic mass is 10.1. The Morgan fingerprint density at radius 3 is 2.78 bits per heavy atom. The van der Waals surface area contributed by atoms with Crippen molar-refractivity contribution in [1.29, 1.82) is 0 Å². The van der Waals surface area contributed by atoms with Crippen LogP contribution in [0.25, 0.3) is 0 Å². The fourth-order valence-corrected chi connectivity index (χ4v) is 2.97. The lowest BCUT2D eigenvalue weighted by Crippen LogP contribution is -2.31. The van der Waals surface area contributed by atoms with Crippen molar-refractivity contribution in [3.8, 4) is 0 Å². The third-order valence-corrected chi connectivity index (χ3v) is 4.26. The van der Waals surface area contributed by atoms with Gasteiger partial charge in [0.2, 0.25) is 0 Å². The summed E-state index contributed by atoms with van der Waals surface area (Å²) in [4.78, 5) is 2.43. The van der Waals surface area contributed by atoms with E-state index in [9.17, 15) is 0 Å². The topological polar surface area (TPSA) is 15.3 Å². The molecule has 0 atom stereocenters. The van der Waals surface area contributed by atoms with Crippen LogP contribution < -0.4 is 5.32 Å². The third kappa shape index (κ3) is 5.89. The van der Waals surface area contributed by atoms with Gasteiger partial charge in [0.05, 0.1) is 0 Å². The molecule has 0 fully saturated rings. The van der Waals surface area contributed by atoms with Gasteiger partial charge >= 0.3 is 0 Å². The van der Waals surface area contributed by atoms with Crippen molar-refractivity contribution in [3.05, 3.63) is 71.1 Å². The second-order valence-electron chi connectivity index (χ2n) is 6.01. The van der Waals surface area contributed by atoms with E-state index in [1.807, 2.05) is 6.08 Å². The van der Waals surface area contributed by atoms with E-state index in [0.717, 1.165) is 32.5 Å². The van der Waals surface area contributed by atoms with Gasteiger partial charge in [-0.3, -0.25) is 0 Å². The number of hydrogen-bond donors (Lipinski definition) is 1. The number of halogens is 1. The van der Waals surface area contributed by atoms with Crippen LogP contribution in [-0.4, -0.2) is 30.4 Å². The van der Waals surface area contributed by atoms with Crippen LogP contribution in [0.3, 0.4) is 0 Å². The Balaban J connectivity index is 2.15. The Morgan fingerprint density at radius 1 is 1.30 bits per heavy atom. The zero-order valence-corrected chi connectivity index (χ0v) is 14.9. The van der Waals surface area contributed by atoms with Gasteiger partial charge in [0.25, 0.3) is 0 Å². The van der Waals surface area contributed by atoms with Crippen LogP contribution in [0, 0.1) is 0 Å². The van der Waals surface area contributed by atoms with Crippen LogP contribution in [0.2, 0.25) is 0 Å². The van der Waals surface area contributed by atoms with Crippen LogP contribution >= 0.6 is 11.6 Å². The highest BCUT2D eigenvalue weighted by atomic mass is 35.5. The standard InChI is InChI=1S/C20H27ClN2/c1-17(7-6-12-21)16-23(20-10-13-22-15-18(20)2)14-11-19-8-4-3-5-9-19/h3-9,16,22H,10-15H2,1-2H3/b7-6+,17-16+. The SMILES string of the molecule is CC1=C(N(/C=C(C)/C=C/CCl)CCc2ccccc2)CCNC1. The van der Waals surface area contributed by atoms with E-state index in [1.54, 1.807) is 0 Å². The number of alkyl halides is 1. The highest BCUT2D eigenvalue weighted by Gasteiger charge is 2.14. The molecule has 0 unspecified atom stereocenters. The van der Waals surface area contributed by atoms with Crippen LogP contribution in [0.1, 0.15) is 25.8 Å². The predicted octanol–water partition coefficient (Wildman–Crippen LogP) is 4.50. The highest BCUT2D eigenvalue weighted by Crippen LogP contribution is 2.20. The van der Waals surface area contributed by atoms with Gasteiger partial charge in [0.1, 0.15) is 0 Å². The molecule has 0 aromatic heterocycles. The van der Waals surface area contributed by atoms with Crippen molar-refractivity contribution in [2.45, 2.75) is 26.7 Å². The summed E-state index contributed by atoms with van der Waals surface area (Å²) in [5.74, 6) is 0.556. The summed E-state index contributed by atoms with van der Waals surface area (Å²) in [5.41, 5.74) is 5.51. The second kappa shape index (κ2) is 9.59. The molecule has 0 radical (unpaired) electrons. The summed E-state index contributed by atoms with van der Waals surface area (Å²) in [5, 5.41) is 3.44. The first-order valence-electron chi connectivity index (χ1n) is 8.31. The summed E-state index contributed by atoms with van der Waals surface area (Å²) in [6.45, 7) is 7.41. The Kier molecular flexibility index (Phi) is 7.44. The summed E-state index contributed by atoms with van der Waals surface area (Å²) < 4.78 is 0. The first-order chi connectivity index (χ1) is 11.2. The first kappa shape index (κ1) is 17.8. The summed E-state index contributed by atoms with van der Waals surface area (Å²) in [6, 6.07) is 10.7. The fourth-order valence-electron chi connectivity index (χ4n) is 2.88. The van der Waals surface area contributed by atoms with E-state index < -0.39 is 0 Å². The molecule has 3 heteroatoms. The average molecular weight is 331 g/mol. The van der Waals surface area contributed by atoms with Crippen LogP contribution in [0.5, 0.6) is 0 Å². The van der Waals surface area contributed by atoms with Gasteiger partial charge in [-0.05, 0) is 37.0 Å². The van der Waals surface area contributed by atoms with Crippen LogP contribution in [0.4, 0.5) is 0 Å². The number of nitrogens with zero attached hydrogens (tertiary/aromatic N) is 1. The van der Waals surface area contributed by atoms with Gasteiger partial charge in [0, 0.05) is 43.8 Å². The molecule has 1 aromatic carbocycles. The Hall–Kier alpha value is -1.51. The Labute approximate surface area is 145 Å². The minimum atomic E-state index is 0.556. The molecule has 1 aliphatic heterocycles. The van der Waals surface area contributed by atoms with Crippen molar-refractivity contribution in [2.24, 2.45) is 0 Å². The minimum absolute atomic E-state index is 0.556. The highest BCUT2D eigenvalue weighted by molar-refractivity contribution is 6.18. The van der Waals surface area contributed by atoms with E-state index in [4.69, 9.17) is 11.6 Å². The van der Waals surface area contributed by atoms with Crippen LogP contribution in [0.15, 0.2) is 65.5 Å². The molecule has 2 rings (SSSR count). The molecular formula is C20H27ClN2. The second-order valence-corrected chi connectivity index (χ2v) is 6.32. The first-order valence-corrected chi connectivity index (χ1v) is 8.85. The van der Waals surface area contributed by atoms with Gasteiger partial charge in [-0.15, -0.1) is 11.6 Å². The zero-order valence-electron chi connectivity index (χ0n) is 14.2. The lowest BCUT2D eigenvalue weighted by molar-refractivity contribution is 0.423. The molecule has 0 saturated carbocycles. The Bertz CT molecular complexity index is 573. The smallest absolute Gasteiger partial charge is 0.0407 e. The van der Waals surface area contributed by atoms with Crippen molar-refractivity contribution in [3.63, 3.8) is 0 Å². The molecule has 124 valence electrons. The summed E-state index contributed by atoms with van der Waals surface area (Å²) in [7, 11) is 0. The average Bonchev–Trinajstić information content (AvgIpc) is 2.58. The molecule has 1 aliphatic rings. The molecule has 0 amide bonds. The van der Waals surface area contributed by atoms with E-state index in [-0.39, 0.29) is 0 Å². The summed E-state index contributed by atoms with van der Waals surface area (Å²) in [6.07, 6.45) is 8.49. The number of allylic oxidation sites excluding steroid dienone is 3. The molecule has 0 saturated heterocycles. The van der Waals surface area contributed by atoms with E-state index in [0.29, 0.717) is 5.88 Å². The quantitative estimate of drug-likeness (QED) is 0.585. The molecule has 0 spiro atoms. The largest absolute Gasteiger partial charge is 0.351 e. The molecule has 1 heterocycles. The van der Waals surface area contributed by atoms with Crippen molar-refractivity contribution in [2.75, 3.05) is 25.5 Å². The maximum Gasteiger partial charge on any atom is 0.0407 e. The van der Waals surface area contributed by atoms with Gasteiger partial charge in [-0.2, -0.15) is 0 Å². The molecule has 0 bridgehead atoms. The molecule has 0 aliphatic carbocycles. The normalized spacial score (nSPS) is 16.2. The summed E-state index contributed by atoms with van der Waals surface area (Å²) >= 11 is 5.75. The molecule has 1 aromatic rings. The van der Waals surface area contributed by atoms with Crippen molar-refractivity contribution >= 4 is 11.6 Å². The number of hydrogen-bond acceptors (Lipinski definition) is 2. The maximum atomic E-state index is 5.75. The van der Waals surface area contributed by atoms with E-state index >= 15 is 0 Å². The third-order valence-electron chi connectivity index (χ3n) is 4.08. The molecule has 2 nitrogen and oxygen atoms in total. The van der Waals surface area contributed by atoms with E-state index in [1.165, 1.54) is 22.4 Å². The lowest BCUT2D eigenvalue weighted by Gasteiger charge is -2.30. The molecular weight excluding hydrogens is 304 g/mol. The van der Waals surface area contributed by atoms with Gasteiger partial charge in [-0.1, -0.05) is 42.5 Å². The van der Waals surface area contributed by atoms with Crippen molar-refractivity contribution in [1.82, 2.24) is 10.2 Å². The zero-order chi connectivity index (χ0) is 16.5. The molecule has 23 heavy (non-hydrogen) atoms. The number of rotatable bonds is 7. The van der Waals surface area contributed by atoms with Crippen molar-refractivity contribution < 1.29 is 0 Å². The molecule has 1 N–H and O–H groups in total. The Morgan fingerprint density at radius 2 is 2.09 bits per heavy atom.